The molecule has 0 aliphatic carbocycles. The minimum absolute atomic E-state index is 0.0427. The first-order chi connectivity index (χ1) is 18.6. The van der Waals surface area contributed by atoms with E-state index in [1.54, 1.807) is 12.1 Å². The predicted molar refractivity (Wildman–Crippen MR) is 145 cm³/mol. The molecule has 0 saturated heterocycles. The van der Waals surface area contributed by atoms with Gasteiger partial charge in [0.1, 0.15) is 13.2 Å². The third-order valence-corrected chi connectivity index (χ3v) is 6.34. The number of ether oxygens (including phenoxy) is 2. The van der Waals surface area contributed by atoms with E-state index >= 15 is 0 Å². The quantitative estimate of drug-likeness (QED) is 0.124. The summed E-state index contributed by atoms with van der Waals surface area (Å²) in [5.41, 5.74) is 3.09. The van der Waals surface area contributed by atoms with E-state index in [2.05, 4.69) is 0 Å². The first kappa shape index (κ1) is 26.6. The molecule has 0 radical (unpaired) electrons. The van der Waals surface area contributed by atoms with Crippen LogP contribution in [0.1, 0.15) is 45.8 Å². The number of rotatable bonds is 12. The molecule has 0 saturated carbocycles. The molecule has 0 aliphatic rings. The van der Waals surface area contributed by atoms with Crippen LogP contribution < -0.4 is 0 Å². The van der Waals surface area contributed by atoms with Crippen LogP contribution in [0.5, 0.6) is 0 Å². The van der Waals surface area contributed by atoms with Gasteiger partial charge in [0.05, 0.1) is 0 Å². The topological polar surface area (TPSA) is 69.7 Å². The molecule has 5 heteroatoms. The van der Waals surface area contributed by atoms with Crippen molar-refractivity contribution < 1.29 is 23.9 Å². The maximum atomic E-state index is 13.3. The molecule has 5 nitrogen and oxygen atoms in total. The molecule has 4 rings (SSSR count). The second-order valence-electron chi connectivity index (χ2n) is 9.08. The van der Waals surface area contributed by atoms with Gasteiger partial charge in [0.25, 0.3) is 0 Å². The Balaban J connectivity index is 1.55. The number of ketones is 1. The van der Waals surface area contributed by atoms with E-state index in [1.165, 1.54) is 0 Å². The molecule has 4 aromatic carbocycles. The van der Waals surface area contributed by atoms with Crippen molar-refractivity contribution in [2.75, 3.05) is 0 Å². The zero-order valence-electron chi connectivity index (χ0n) is 21.1. The van der Waals surface area contributed by atoms with Crippen LogP contribution in [0.2, 0.25) is 0 Å². The van der Waals surface area contributed by atoms with E-state index < -0.39 is 17.9 Å². The molecular weight excluding hydrogens is 476 g/mol. The highest BCUT2D eigenvalue weighted by atomic mass is 16.6. The van der Waals surface area contributed by atoms with Crippen LogP contribution in [0.15, 0.2) is 121 Å². The Labute approximate surface area is 223 Å². The second-order valence-corrected chi connectivity index (χ2v) is 9.08. The summed E-state index contributed by atoms with van der Waals surface area (Å²) in [6.45, 7) is 0.0855. The average molecular weight is 507 g/mol. The van der Waals surface area contributed by atoms with Crippen LogP contribution in [0, 0.1) is 5.92 Å². The third-order valence-electron chi connectivity index (χ3n) is 6.34. The van der Waals surface area contributed by atoms with E-state index in [-0.39, 0.29) is 37.8 Å². The number of hydrogen-bond acceptors (Lipinski definition) is 5. The van der Waals surface area contributed by atoms with Gasteiger partial charge in [-0.1, -0.05) is 121 Å². The van der Waals surface area contributed by atoms with Gasteiger partial charge in [0, 0.05) is 12.0 Å². The van der Waals surface area contributed by atoms with E-state index in [1.807, 2.05) is 109 Å². The Morgan fingerprint density at radius 2 is 0.974 bits per heavy atom. The lowest BCUT2D eigenvalue weighted by atomic mass is 9.84. The number of hydrogen-bond donors (Lipinski definition) is 0. The molecule has 1 atom stereocenters. The van der Waals surface area contributed by atoms with Crippen LogP contribution in [-0.2, 0) is 32.3 Å². The summed E-state index contributed by atoms with van der Waals surface area (Å²) in [4.78, 5) is 39.7. The normalized spacial score (nSPS) is 11.5. The Bertz CT molecular complexity index is 1250. The molecule has 0 aromatic heterocycles. The molecule has 192 valence electrons. The lowest BCUT2D eigenvalue weighted by Gasteiger charge is -2.22. The minimum Gasteiger partial charge on any atom is -0.460 e. The molecule has 0 aliphatic heterocycles. The highest BCUT2D eigenvalue weighted by Gasteiger charge is 2.34. The number of carbonyl (C=O) groups excluding carboxylic acids is 3. The van der Waals surface area contributed by atoms with Gasteiger partial charge < -0.3 is 9.47 Å². The van der Waals surface area contributed by atoms with Gasteiger partial charge >= 0.3 is 11.9 Å². The summed E-state index contributed by atoms with van der Waals surface area (Å²) in [6, 6.07) is 37.1. The van der Waals surface area contributed by atoms with Gasteiger partial charge in [-0.25, -0.2) is 0 Å². The third kappa shape index (κ3) is 7.74. The number of carbonyl (C=O) groups is 3. The van der Waals surface area contributed by atoms with Crippen molar-refractivity contribution in [3.63, 3.8) is 0 Å². The van der Waals surface area contributed by atoms with Crippen LogP contribution in [0.3, 0.4) is 0 Å². The monoisotopic (exact) mass is 506 g/mol. The molecule has 4 aromatic rings. The average Bonchev–Trinajstić information content (AvgIpc) is 2.98. The molecule has 0 amide bonds. The van der Waals surface area contributed by atoms with Crippen LogP contribution >= 0.6 is 0 Å². The lowest BCUT2D eigenvalue weighted by Crippen LogP contribution is -2.30. The van der Waals surface area contributed by atoms with Gasteiger partial charge in [-0.05, 0) is 29.0 Å². The zero-order chi connectivity index (χ0) is 26.6. The SMILES string of the molecule is O=C(CC(CC(C(=O)OCc1ccccc1)C(=O)OCc1ccccc1)c1ccccc1)c1ccccc1. The summed E-state index contributed by atoms with van der Waals surface area (Å²) in [5, 5.41) is 0. The number of esters is 2. The summed E-state index contributed by atoms with van der Waals surface area (Å²) >= 11 is 0. The molecule has 0 heterocycles. The molecular formula is C33H30O5. The Hall–Kier alpha value is -4.51. The summed E-state index contributed by atoms with van der Waals surface area (Å²) in [7, 11) is 0. The Morgan fingerprint density at radius 3 is 1.45 bits per heavy atom. The van der Waals surface area contributed by atoms with Crippen LogP contribution in [-0.4, -0.2) is 17.7 Å². The zero-order valence-corrected chi connectivity index (χ0v) is 21.1. The smallest absolute Gasteiger partial charge is 0.320 e. The van der Waals surface area contributed by atoms with Crippen molar-refractivity contribution in [2.24, 2.45) is 5.92 Å². The summed E-state index contributed by atoms with van der Waals surface area (Å²) in [5.74, 6) is -2.97. The van der Waals surface area contributed by atoms with E-state index in [0.717, 1.165) is 16.7 Å². The van der Waals surface area contributed by atoms with Crippen LogP contribution in [0.4, 0.5) is 0 Å². The summed E-state index contributed by atoms with van der Waals surface area (Å²) < 4.78 is 11.1. The predicted octanol–water partition coefficient (Wildman–Crippen LogP) is 6.54. The van der Waals surface area contributed by atoms with Gasteiger partial charge in [-0.3, -0.25) is 14.4 Å². The maximum Gasteiger partial charge on any atom is 0.320 e. The largest absolute Gasteiger partial charge is 0.460 e. The number of benzene rings is 4. The van der Waals surface area contributed by atoms with Gasteiger partial charge in [-0.15, -0.1) is 0 Å². The van der Waals surface area contributed by atoms with Crippen molar-refractivity contribution in [1.82, 2.24) is 0 Å². The molecule has 0 spiro atoms. The standard InChI is InChI=1S/C33H30O5/c34-31(28-19-11-4-12-20-28)22-29(27-17-9-3-10-18-27)21-30(32(35)37-23-25-13-5-1-6-14-25)33(36)38-24-26-15-7-2-8-16-26/h1-20,29-30H,21-24H2. The Morgan fingerprint density at radius 1 is 0.553 bits per heavy atom. The van der Waals surface area contributed by atoms with E-state index in [0.29, 0.717) is 5.56 Å². The highest BCUT2D eigenvalue weighted by molar-refractivity contribution is 5.97. The molecule has 38 heavy (non-hydrogen) atoms. The summed E-state index contributed by atoms with van der Waals surface area (Å²) in [6.07, 6.45) is 0.228. The van der Waals surface area contributed by atoms with Crippen molar-refractivity contribution in [3.05, 3.63) is 144 Å². The minimum atomic E-state index is -1.18. The molecule has 1 unspecified atom stereocenters. The van der Waals surface area contributed by atoms with Crippen molar-refractivity contribution in [3.8, 4) is 0 Å². The van der Waals surface area contributed by atoms with Crippen molar-refractivity contribution in [2.45, 2.75) is 32.0 Å². The molecule has 0 fully saturated rings. The van der Waals surface area contributed by atoms with Gasteiger partial charge in [-0.2, -0.15) is 0 Å². The van der Waals surface area contributed by atoms with E-state index in [4.69, 9.17) is 9.47 Å². The van der Waals surface area contributed by atoms with Crippen molar-refractivity contribution in [1.29, 1.82) is 0 Å². The first-order valence-electron chi connectivity index (χ1n) is 12.6. The fraction of sp³-hybridized carbons (Fsp3) is 0.182. The highest BCUT2D eigenvalue weighted by Crippen LogP contribution is 2.30. The van der Waals surface area contributed by atoms with E-state index in [9.17, 15) is 14.4 Å². The maximum absolute atomic E-state index is 13.3. The van der Waals surface area contributed by atoms with Crippen molar-refractivity contribution >= 4 is 17.7 Å². The van der Waals surface area contributed by atoms with Gasteiger partial charge in [0.15, 0.2) is 11.7 Å². The fourth-order valence-corrected chi connectivity index (χ4v) is 4.26. The van der Waals surface area contributed by atoms with Crippen LogP contribution in [0.25, 0.3) is 0 Å². The molecule has 0 bridgehead atoms. The Kier molecular flexibility index (Phi) is 9.57. The fourth-order valence-electron chi connectivity index (χ4n) is 4.26. The number of Topliss-reactive ketones (excluding diaryl/α,β-unsaturated/α-hetero) is 1. The van der Waals surface area contributed by atoms with Gasteiger partial charge in [0.2, 0.25) is 0 Å². The second kappa shape index (κ2) is 13.7. The molecule has 0 N–H and O–H groups in total. The lowest BCUT2D eigenvalue weighted by molar-refractivity contribution is -0.164. The first-order valence-corrected chi connectivity index (χ1v) is 12.6.